The van der Waals surface area contributed by atoms with E-state index < -0.39 is 0 Å². The molecule has 1 nitrogen and oxygen atoms in total. The van der Waals surface area contributed by atoms with Crippen molar-refractivity contribution in [1.82, 2.24) is 0 Å². The quantitative estimate of drug-likeness (QED) is 0.505. The zero-order chi connectivity index (χ0) is 7.72. The first-order valence-electron chi connectivity index (χ1n) is 4.26. The lowest BCUT2D eigenvalue weighted by Crippen LogP contribution is -2.35. The summed E-state index contributed by atoms with van der Waals surface area (Å²) in [5.41, 5.74) is 0. The molecule has 1 rings (SSSR count). The third-order valence-electron chi connectivity index (χ3n) is 2.78. The largest absolute Gasteiger partial charge is 0.375 e. The smallest absolute Gasteiger partial charge is 0.0576 e. The molecule has 1 heterocycles. The Bertz CT molecular complexity index is 85.3. The summed E-state index contributed by atoms with van der Waals surface area (Å²) >= 11 is 0. The monoisotopic (exact) mass is 142 g/mol. The van der Waals surface area contributed by atoms with Crippen molar-refractivity contribution in [2.75, 3.05) is 0 Å². The van der Waals surface area contributed by atoms with Gasteiger partial charge < -0.3 is 4.74 Å². The van der Waals surface area contributed by atoms with Crippen molar-refractivity contribution in [3.8, 4) is 0 Å². The van der Waals surface area contributed by atoms with E-state index in [-0.39, 0.29) is 0 Å². The summed E-state index contributed by atoms with van der Waals surface area (Å²) < 4.78 is 5.71. The highest BCUT2D eigenvalue weighted by Gasteiger charge is 2.27. The molecule has 0 amide bonds. The molecule has 0 saturated carbocycles. The predicted molar refractivity (Wildman–Crippen MR) is 43.0 cm³/mol. The average Bonchev–Trinajstić information content (AvgIpc) is 1.84. The van der Waals surface area contributed by atoms with Crippen molar-refractivity contribution in [2.45, 2.75) is 46.3 Å². The van der Waals surface area contributed by atoms with Gasteiger partial charge in [-0.1, -0.05) is 13.8 Å². The number of rotatable bonds is 0. The van der Waals surface area contributed by atoms with Gasteiger partial charge in [0.2, 0.25) is 0 Å². The van der Waals surface area contributed by atoms with E-state index in [9.17, 15) is 0 Å². The molecule has 60 valence electrons. The molecule has 1 aliphatic rings. The highest BCUT2D eigenvalue weighted by atomic mass is 16.5. The zero-order valence-corrected chi connectivity index (χ0v) is 7.42. The molecule has 10 heavy (non-hydrogen) atoms. The molecule has 0 aliphatic carbocycles. The van der Waals surface area contributed by atoms with Gasteiger partial charge in [-0.05, 0) is 32.1 Å². The van der Waals surface area contributed by atoms with Gasteiger partial charge in [0.15, 0.2) is 0 Å². The Morgan fingerprint density at radius 2 is 1.30 bits per heavy atom. The summed E-state index contributed by atoms with van der Waals surface area (Å²) in [6.07, 6.45) is 2.25. The molecule has 0 spiro atoms. The minimum absolute atomic E-state index is 0.464. The number of hydrogen-bond donors (Lipinski definition) is 0. The fourth-order valence-electron chi connectivity index (χ4n) is 1.58. The molecule has 4 unspecified atom stereocenters. The fourth-order valence-corrected chi connectivity index (χ4v) is 1.58. The zero-order valence-electron chi connectivity index (χ0n) is 7.42. The Labute approximate surface area is 63.8 Å². The molecular weight excluding hydrogens is 124 g/mol. The second-order valence-corrected chi connectivity index (χ2v) is 3.74. The van der Waals surface area contributed by atoms with Gasteiger partial charge in [-0.15, -0.1) is 0 Å². The van der Waals surface area contributed by atoms with E-state index in [1.165, 1.54) is 6.42 Å². The summed E-state index contributed by atoms with van der Waals surface area (Å²) in [6, 6.07) is 0. The molecule has 0 bridgehead atoms. The van der Waals surface area contributed by atoms with Crippen LogP contribution in [0, 0.1) is 11.8 Å². The normalized spacial score (nSPS) is 49.2. The lowest BCUT2D eigenvalue weighted by atomic mass is 9.87. The molecule has 0 aromatic heterocycles. The van der Waals surface area contributed by atoms with Crippen molar-refractivity contribution in [1.29, 1.82) is 0 Å². The van der Waals surface area contributed by atoms with Crippen LogP contribution < -0.4 is 0 Å². The molecular formula is C9H18O. The van der Waals surface area contributed by atoms with Crippen LogP contribution in [0.2, 0.25) is 0 Å². The third kappa shape index (κ3) is 1.51. The van der Waals surface area contributed by atoms with Gasteiger partial charge in [0, 0.05) is 0 Å². The van der Waals surface area contributed by atoms with Crippen molar-refractivity contribution >= 4 is 0 Å². The molecule has 0 N–H and O–H groups in total. The molecule has 1 saturated heterocycles. The number of ether oxygens (including phenoxy) is 1. The van der Waals surface area contributed by atoms with Crippen LogP contribution in [0.4, 0.5) is 0 Å². The van der Waals surface area contributed by atoms with Gasteiger partial charge >= 0.3 is 0 Å². The second-order valence-electron chi connectivity index (χ2n) is 3.74. The van der Waals surface area contributed by atoms with E-state index in [0.29, 0.717) is 12.2 Å². The molecule has 1 fully saturated rings. The third-order valence-corrected chi connectivity index (χ3v) is 2.78. The van der Waals surface area contributed by atoms with Crippen LogP contribution in [0.5, 0.6) is 0 Å². The average molecular weight is 142 g/mol. The first kappa shape index (κ1) is 8.06. The Hall–Kier alpha value is -0.0400. The van der Waals surface area contributed by atoms with E-state index in [1.54, 1.807) is 0 Å². The molecule has 1 heteroatoms. The molecule has 0 radical (unpaired) electrons. The van der Waals surface area contributed by atoms with Crippen LogP contribution >= 0.6 is 0 Å². The Morgan fingerprint density at radius 1 is 0.900 bits per heavy atom. The van der Waals surface area contributed by atoms with Gasteiger partial charge in [-0.2, -0.15) is 0 Å². The first-order valence-corrected chi connectivity index (χ1v) is 4.26. The van der Waals surface area contributed by atoms with Gasteiger partial charge in [0.05, 0.1) is 12.2 Å². The summed E-state index contributed by atoms with van der Waals surface area (Å²) in [5, 5.41) is 0. The number of hydrogen-bond acceptors (Lipinski definition) is 1. The lowest BCUT2D eigenvalue weighted by molar-refractivity contribution is -0.0885. The minimum atomic E-state index is 0.464. The first-order chi connectivity index (χ1) is 4.61. The van der Waals surface area contributed by atoms with Crippen molar-refractivity contribution in [2.24, 2.45) is 11.8 Å². The van der Waals surface area contributed by atoms with Crippen LogP contribution in [0.1, 0.15) is 34.1 Å². The van der Waals surface area contributed by atoms with Crippen LogP contribution in [0.3, 0.4) is 0 Å². The summed E-state index contributed by atoms with van der Waals surface area (Å²) in [4.78, 5) is 0. The van der Waals surface area contributed by atoms with E-state index in [2.05, 4.69) is 27.7 Å². The standard InChI is InChI=1S/C9H18O/c1-6-5-7(2)9(4)10-8(6)3/h6-9H,5H2,1-4H3. The van der Waals surface area contributed by atoms with E-state index in [1.807, 2.05) is 0 Å². The molecule has 0 aromatic rings. The van der Waals surface area contributed by atoms with Crippen LogP contribution in [0.25, 0.3) is 0 Å². The van der Waals surface area contributed by atoms with Crippen molar-refractivity contribution in [3.05, 3.63) is 0 Å². The fraction of sp³-hybridized carbons (Fsp3) is 1.00. The molecule has 4 atom stereocenters. The van der Waals surface area contributed by atoms with E-state index in [4.69, 9.17) is 4.74 Å². The van der Waals surface area contributed by atoms with Crippen LogP contribution in [0.15, 0.2) is 0 Å². The van der Waals surface area contributed by atoms with Crippen LogP contribution in [-0.4, -0.2) is 12.2 Å². The van der Waals surface area contributed by atoms with E-state index >= 15 is 0 Å². The Morgan fingerprint density at radius 3 is 1.60 bits per heavy atom. The summed E-state index contributed by atoms with van der Waals surface area (Å²) in [7, 11) is 0. The van der Waals surface area contributed by atoms with Crippen molar-refractivity contribution in [3.63, 3.8) is 0 Å². The summed E-state index contributed by atoms with van der Waals surface area (Å²) in [5.74, 6) is 1.48. The van der Waals surface area contributed by atoms with Crippen LogP contribution in [-0.2, 0) is 4.74 Å². The van der Waals surface area contributed by atoms with E-state index in [0.717, 1.165) is 11.8 Å². The maximum Gasteiger partial charge on any atom is 0.0576 e. The maximum absolute atomic E-state index is 5.71. The predicted octanol–water partition coefficient (Wildman–Crippen LogP) is 2.46. The minimum Gasteiger partial charge on any atom is -0.375 e. The van der Waals surface area contributed by atoms with Gasteiger partial charge in [-0.3, -0.25) is 0 Å². The van der Waals surface area contributed by atoms with Gasteiger partial charge in [0.25, 0.3) is 0 Å². The molecule has 0 aromatic carbocycles. The van der Waals surface area contributed by atoms with Gasteiger partial charge in [0.1, 0.15) is 0 Å². The summed E-state index contributed by atoms with van der Waals surface area (Å²) in [6.45, 7) is 8.89. The lowest BCUT2D eigenvalue weighted by Gasteiger charge is -2.35. The SMILES string of the molecule is CC1CC(C)C(C)OC1C. The topological polar surface area (TPSA) is 9.23 Å². The second kappa shape index (κ2) is 2.91. The Kier molecular flexibility index (Phi) is 2.35. The highest BCUT2D eigenvalue weighted by Crippen LogP contribution is 2.28. The van der Waals surface area contributed by atoms with Crippen molar-refractivity contribution < 1.29 is 4.74 Å². The Balaban J connectivity index is 2.46. The highest BCUT2D eigenvalue weighted by molar-refractivity contribution is 4.75. The maximum atomic E-state index is 5.71. The molecule has 1 aliphatic heterocycles. The van der Waals surface area contributed by atoms with Gasteiger partial charge in [-0.25, -0.2) is 0 Å².